The lowest BCUT2D eigenvalue weighted by atomic mass is 10.2. The molecular weight excluding hydrogens is 380 g/mol. The lowest BCUT2D eigenvalue weighted by Crippen LogP contribution is -2.07. The maximum atomic E-state index is 4.43. The zero-order valence-corrected chi connectivity index (χ0v) is 13.9. The predicted octanol–water partition coefficient (Wildman–Crippen LogP) is 4.19. The van der Waals surface area contributed by atoms with Gasteiger partial charge in [0.2, 0.25) is 5.13 Å². The van der Waals surface area contributed by atoms with E-state index in [9.17, 15) is 0 Å². The molecule has 2 rings (SSSR count). The van der Waals surface area contributed by atoms with Gasteiger partial charge < -0.3 is 5.32 Å². The first-order valence-electron chi connectivity index (χ1n) is 5.45. The normalized spacial score (nSPS) is 10.9. The number of aromatic nitrogens is 3. The Bertz CT molecular complexity index is 542. The Morgan fingerprint density at radius 1 is 1.39 bits per heavy atom. The molecule has 0 saturated heterocycles. The van der Waals surface area contributed by atoms with Crippen LogP contribution in [-0.2, 0) is 0 Å². The van der Waals surface area contributed by atoms with Gasteiger partial charge in [-0.3, -0.25) is 4.98 Å². The first kappa shape index (κ1) is 13.9. The topological polar surface area (TPSA) is 50.7 Å². The number of halogens is 2. The van der Waals surface area contributed by atoms with E-state index in [1.54, 1.807) is 6.20 Å². The zero-order valence-electron chi connectivity index (χ0n) is 9.94. The van der Waals surface area contributed by atoms with Crippen molar-refractivity contribution in [2.24, 2.45) is 5.92 Å². The maximum Gasteiger partial charge on any atom is 0.202 e. The number of anilines is 1. The van der Waals surface area contributed by atoms with Crippen molar-refractivity contribution >= 4 is 48.5 Å². The molecule has 7 heteroatoms. The van der Waals surface area contributed by atoms with Crippen LogP contribution in [0.1, 0.15) is 13.8 Å². The van der Waals surface area contributed by atoms with Crippen molar-refractivity contribution in [3.8, 4) is 11.5 Å². The summed E-state index contributed by atoms with van der Waals surface area (Å²) < 4.78 is 6.12. The minimum atomic E-state index is 0.579. The Morgan fingerprint density at radius 3 is 2.83 bits per heavy atom. The average Bonchev–Trinajstić information content (AvgIpc) is 2.75. The van der Waals surface area contributed by atoms with Gasteiger partial charge in [0.25, 0.3) is 0 Å². The fraction of sp³-hybridized carbons (Fsp3) is 0.364. The second-order valence-electron chi connectivity index (χ2n) is 4.18. The van der Waals surface area contributed by atoms with Crippen LogP contribution in [0.5, 0.6) is 0 Å². The third-order valence-electron chi connectivity index (χ3n) is 2.11. The standard InChI is InChI=1S/C11H12Br2N4S/c1-6(2)4-15-11-16-10(17-18-11)9-8(13)3-7(12)5-14-9/h3,5-6H,4H2,1-2H3,(H,15,16,17). The minimum absolute atomic E-state index is 0.579. The molecular formula is C11H12Br2N4S. The summed E-state index contributed by atoms with van der Waals surface area (Å²) in [6, 6.07) is 1.94. The van der Waals surface area contributed by atoms with Crippen LogP contribution in [0.25, 0.3) is 11.5 Å². The van der Waals surface area contributed by atoms with Crippen LogP contribution >= 0.6 is 43.4 Å². The van der Waals surface area contributed by atoms with Gasteiger partial charge in [0.15, 0.2) is 5.82 Å². The molecule has 0 aliphatic rings. The van der Waals surface area contributed by atoms with Crippen LogP contribution in [0.15, 0.2) is 21.2 Å². The second kappa shape index (κ2) is 6.08. The number of hydrogen-bond acceptors (Lipinski definition) is 5. The fourth-order valence-electron chi connectivity index (χ4n) is 1.26. The SMILES string of the molecule is CC(C)CNc1nc(-c2ncc(Br)cc2Br)ns1. The predicted molar refractivity (Wildman–Crippen MR) is 81.9 cm³/mol. The third-order valence-corrected chi connectivity index (χ3v) is 3.82. The molecule has 0 aliphatic carbocycles. The average molecular weight is 392 g/mol. The van der Waals surface area contributed by atoms with E-state index in [2.05, 4.69) is 65.4 Å². The number of nitrogens with zero attached hydrogens (tertiary/aromatic N) is 3. The molecule has 0 saturated carbocycles. The molecule has 0 amide bonds. The third kappa shape index (κ3) is 3.49. The van der Waals surface area contributed by atoms with Gasteiger partial charge >= 0.3 is 0 Å². The Morgan fingerprint density at radius 2 is 2.17 bits per heavy atom. The molecule has 2 heterocycles. The van der Waals surface area contributed by atoms with E-state index in [0.29, 0.717) is 11.7 Å². The number of pyridine rings is 1. The summed E-state index contributed by atoms with van der Waals surface area (Å²) in [5, 5.41) is 4.09. The molecule has 0 atom stereocenters. The molecule has 1 N–H and O–H groups in total. The molecule has 96 valence electrons. The van der Waals surface area contributed by atoms with Gasteiger partial charge in [-0.1, -0.05) is 13.8 Å². The Kier molecular flexibility index (Phi) is 4.69. The van der Waals surface area contributed by atoms with Gasteiger partial charge in [-0.2, -0.15) is 9.36 Å². The van der Waals surface area contributed by atoms with E-state index in [1.165, 1.54) is 11.5 Å². The molecule has 2 aromatic heterocycles. The van der Waals surface area contributed by atoms with E-state index in [1.807, 2.05) is 6.07 Å². The monoisotopic (exact) mass is 390 g/mol. The van der Waals surface area contributed by atoms with Gasteiger partial charge in [0.1, 0.15) is 5.69 Å². The van der Waals surface area contributed by atoms with Crippen LogP contribution in [0.4, 0.5) is 5.13 Å². The Hall–Kier alpha value is -0.530. The lowest BCUT2D eigenvalue weighted by molar-refractivity contribution is 0.688. The molecule has 0 unspecified atom stereocenters. The van der Waals surface area contributed by atoms with Crippen molar-refractivity contribution in [2.45, 2.75) is 13.8 Å². The smallest absolute Gasteiger partial charge is 0.202 e. The molecule has 0 bridgehead atoms. The van der Waals surface area contributed by atoms with Gasteiger partial charge in [0, 0.05) is 33.2 Å². The highest BCUT2D eigenvalue weighted by molar-refractivity contribution is 9.11. The number of rotatable bonds is 4. The Balaban J connectivity index is 2.18. The van der Waals surface area contributed by atoms with E-state index in [0.717, 1.165) is 26.3 Å². The molecule has 0 spiro atoms. The molecule has 4 nitrogen and oxygen atoms in total. The summed E-state index contributed by atoms with van der Waals surface area (Å²) in [7, 11) is 0. The highest BCUT2D eigenvalue weighted by Gasteiger charge is 2.11. The van der Waals surface area contributed by atoms with E-state index < -0.39 is 0 Å². The van der Waals surface area contributed by atoms with E-state index >= 15 is 0 Å². The maximum absolute atomic E-state index is 4.43. The number of nitrogens with one attached hydrogen (secondary N) is 1. The van der Waals surface area contributed by atoms with Crippen molar-refractivity contribution in [1.82, 2.24) is 14.3 Å². The van der Waals surface area contributed by atoms with Crippen LogP contribution in [0.2, 0.25) is 0 Å². The van der Waals surface area contributed by atoms with Gasteiger partial charge in [-0.05, 0) is 43.8 Å². The van der Waals surface area contributed by atoms with Gasteiger partial charge in [0.05, 0.1) is 0 Å². The van der Waals surface area contributed by atoms with Crippen molar-refractivity contribution < 1.29 is 0 Å². The van der Waals surface area contributed by atoms with Crippen LogP contribution in [0.3, 0.4) is 0 Å². The first-order valence-corrected chi connectivity index (χ1v) is 7.81. The zero-order chi connectivity index (χ0) is 13.1. The fourth-order valence-corrected chi connectivity index (χ4v) is 3.00. The summed E-state index contributed by atoms with van der Waals surface area (Å²) in [5.74, 6) is 1.22. The summed E-state index contributed by atoms with van der Waals surface area (Å²) >= 11 is 8.19. The van der Waals surface area contributed by atoms with Gasteiger partial charge in [-0.15, -0.1) is 0 Å². The van der Waals surface area contributed by atoms with Crippen LogP contribution in [0, 0.1) is 5.92 Å². The number of hydrogen-bond donors (Lipinski definition) is 1. The summed E-state index contributed by atoms with van der Waals surface area (Å²) in [4.78, 5) is 8.75. The quantitative estimate of drug-likeness (QED) is 0.848. The molecule has 2 aromatic rings. The molecule has 0 radical (unpaired) electrons. The molecule has 18 heavy (non-hydrogen) atoms. The highest BCUT2D eigenvalue weighted by atomic mass is 79.9. The van der Waals surface area contributed by atoms with E-state index in [4.69, 9.17) is 0 Å². The second-order valence-corrected chi connectivity index (χ2v) is 6.70. The highest BCUT2D eigenvalue weighted by Crippen LogP contribution is 2.28. The lowest BCUT2D eigenvalue weighted by Gasteiger charge is -2.03. The molecule has 0 aromatic carbocycles. The first-order chi connectivity index (χ1) is 8.56. The van der Waals surface area contributed by atoms with Crippen LogP contribution < -0.4 is 5.32 Å². The van der Waals surface area contributed by atoms with Crippen molar-refractivity contribution in [1.29, 1.82) is 0 Å². The largest absolute Gasteiger partial charge is 0.360 e. The summed E-state index contributed by atoms with van der Waals surface area (Å²) in [6.07, 6.45) is 1.74. The summed E-state index contributed by atoms with van der Waals surface area (Å²) in [5.41, 5.74) is 0.757. The molecule has 0 fully saturated rings. The van der Waals surface area contributed by atoms with Crippen molar-refractivity contribution in [2.75, 3.05) is 11.9 Å². The minimum Gasteiger partial charge on any atom is -0.360 e. The van der Waals surface area contributed by atoms with Gasteiger partial charge in [-0.25, -0.2) is 0 Å². The van der Waals surface area contributed by atoms with Crippen molar-refractivity contribution in [3.05, 3.63) is 21.2 Å². The Labute approximate surface area is 127 Å². The molecule has 0 aliphatic heterocycles. The van der Waals surface area contributed by atoms with Crippen LogP contribution in [-0.4, -0.2) is 20.9 Å². The summed E-state index contributed by atoms with van der Waals surface area (Å²) in [6.45, 7) is 5.20. The van der Waals surface area contributed by atoms with E-state index in [-0.39, 0.29) is 0 Å². The van der Waals surface area contributed by atoms with Crippen molar-refractivity contribution in [3.63, 3.8) is 0 Å².